The van der Waals surface area contributed by atoms with Crippen LogP contribution in [-0.2, 0) is 10.3 Å². The number of hydrogen-bond donors (Lipinski definition) is 2. The Morgan fingerprint density at radius 3 is 2.53 bits per heavy atom. The van der Waals surface area contributed by atoms with Gasteiger partial charge in [0.2, 0.25) is 0 Å². The summed E-state index contributed by atoms with van der Waals surface area (Å²) in [5.41, 5.74) is 5.77. The lowest BCUT2D eigenvalue weighted by Crippen LogP contribution is -2.41. The van der Waals surface area contributed by atoms with E-state index in [1.807, 2.05) is 6.92 Å². The van der Waals surface area contributed by atoms with E-state index in [1.165, 1.54) is 6.92 Å². The minimum absolute atomic E-state index is 0.563. The van der Waals surface area contributed by atoms with Gasteiger partial charge in [0.1, 0.15) is 11.3 Å². The molecule has 0 aromatic heterocycles. The quantitative estimate of drug-likeness (QED) is 0.786. The molecule has 0 aliphatic heterocycles. The van der Waals surface area contributed by atoms with Gasteiger partial charge in [-0.2, -0.15) is 0 Å². The van der Waals surface area contributed by atoms with E-state index < -0.39 is 11.5 Å². The summed E-state index contributed by atoms with van der Waals surface area (Å²) >= 11 is 0. The number of hydrogen-bond acceptors (Lipinski definition) is 3. The fraction of sp³-hybridized carbons (Fsp3) is 0.364. The third-order valence-electron chi connectivity index (χ3n) is 2.44. The molecular weight excluding hydrogens is 194 g/mol. The zero-order valence-corrected chi connectivity index (χ0v) is 9.07. The number of aryl methyl sites for hydroxylation is 1. The molecule has 0 unspecified atom stereocenters. The van der Waals surface area contributed by atoms with E-state index in [0.717, 1.165) is 11.3 Å². The van der Waals surface area contributed by atoms with Crippen LogP contribution in [0.15, 0.2) is 18.2 Å². The van der Waals surface area contributed by atoms with Crippen molar-refractivity contribution in [3.8, 4) is 5.75 Å². The first-order valence-corrected chi connectivity index (χ1v) is 4.57. The lowest BCUT2D eigenvalue weighted by molar-refractivity contribution is -0.143. The third-order valence-corrected chi connectivity index (χ3v) is 2.44. The summed E-state index contributed by atoms with van der Waals surface area (Å²) in [4.78, 5) is 10.9. The predicted octanol–water partition coefficient (Wildman–Crippen LogP) is 1.26. The molecule has 0 amide bonds. The maximum atomic E-state index is 10.9. The van der Waals surface area contributed by atoms with Gasteiger partial charge in [-0.25, -0.2) is 4.79 Å². The van der Waals surface area contributed by atoms with Crippen LogP contribution in [0, 0.1) is 6.92 Å². The van der Waals surface area contributed by atoms with Crippen molar-refractivity contribution in [2.45, 2.75) is 19.4 Å². The molecule has 0 heterocycles. The second-order valence-corrected chi connectivity index (χ2v) is 3.69. The molecule has 4 nitrogen and oxygen atoms in total. The number of benzene rings is 1. The fourth-order valence-electron chi connectivity index (χ4n) is 1.32. The van der Waals surface area contributed by atoms with E-state index in [2.05, 4.69) is 0 Å². The Labute approximate surface area is 88.7 Å². The van der Waals surface area contributed by atoms with Gasteiger partial charge in [-0.1, -0.05) is 6.07 Å². The van der Waals surface area contributed by atoms with Crippen molar-refractivity contribution in [1.29, 1.82) is 0 Å². The molecule has 0 bridgehead atoms. The fourth-order valence-corrected chi connectivity index (χ4v) is 1.32. The first-order chi connectivity index (χ1) is 6.89. The van der Waals surface area contributed by atoms with Gasteiger partial charge in [-0.05, 0) is 37.1 Å². The standard InChI is InChI=1S/C11H15NO3/c1-7-6-8(4-5-9(7)15-3)11(2,12)10(13)14/h4-6H,12H2,1-3H3,(H,13,14)/t11-/m1/s1. The summed E-state index contributed by atoms with van der Waals surface area (Å²) in [5, 5.41) is 8.96. The largest absolute Gasteiger partial charge is 0.496 e. The molecule has 0 saturated heterocycles. The number of aliphatic carboxylic acids is 1. The Balaban J connectivity index is 3.18. The highest BCUT2D eigenvalue weighted by molar-refractivity contribution is 5.80. The normalized spacial score (nSPS) is 14.4. The molecule has 1 rings (SSSR count). The van der Waals surface area contributed by atoms with E-state index in [0.29, 0.717) is 5.56 Å². The first-order valence-electron chi connectivity index (χ1n) is 4.57. The number of nitrogens with two attached hydrogens (primary N) is 1. The first kappa shape index (κ1) is 11.5. The molecule has 0 aliphatic rings. The Morgan fingerprint density at radius 1 is 1.53 bits per heavy atom. The molecule has 15 heavy (non-hydrogen) atoms. The molecule has 0 saturated carbocycles. The van der Waals surface area contributed by atoms with E-state index in [-0.39, 0.29) is 0 Å². The van der Waals surface area contributed by atoms with Gasteiger partial charge in [0.25, 0.3) is 0 Å². The van der Waals surface area contributed by atoms with Gasteiger partial charge in [0, 0.05) is 0 Å². The van der Waals surface area contributed by atoms with Gasteiger partial charge in [-0.15, -0.1) is 0 Å². The summed E-state index contributed by atoms with van der Waals surface area (Å²) in [6, 6.07) is 5.12. The predicted molar refractivity (Wildman–Crippen MR) is 56.9 cm³/mol. The highest BCUT2D eigenvalue weighted by Crippen LogP contribution is 2.24. The smallest absolute Gasteiger partial charge is 0.328 e. The molecule has 0 fully saturated rings. The van der Waals surface area contributed by atoms with Crippen LogP contribution < -0.4 is 10.5 Å². The lowest BCUT2D eigenvalue weighted by atomic mass is 9.92. The molecule has 3 N–H and O–H groups in total. The van der Waals surface area contributed by atoms with E-state index in [9.17, 15) is 4.79 Å². The van der Waals surface area contributed by atoms with E-state index in [1.54, 1.807) is 25.3 Å². The summed E-state index contributed by atoms with van der Waals surface area (Å²) in [6.07, 6.45) is 0. The highest BCUT2D eigenvalue weighted by Gasteiger charge is 2.30. The Kier molecular flexibility index (Phi) is 3.00. The molecule has 0 spiro atoms. The third kappa shape index (κ3) is 2.10. The van der Waals surface area contributed by atoms with Gasteiger partial charge in [0.05, 0.1) is 7.11 Å². The molecule has 0 aliphatic carbocycles. The van der Waals surface area contributed by atoms with Gasteiger partial charge in [0.15, 0.2) is 0 Å². The molecule has 82 valence electrons. The van der Waals surface area contributed by atoms with Gasteiger partial charge >= 0.3 is 5.97 Å². The van der Waals surface area contributed by atoms with Crippen LogP contribution in [0.2, 0.25) is 0 Å². The molecule has 1 aromatic rings. The molecular formula is C11H15NO3. The number of carboxylic acids is 1. The second-order valence-electron chi connectivity index (χ2n) is 3.69. The monoisotopic (exact) mass is 209 g/mol. The minimum atomic E-state index is -1.36. The number of carbonyl (C=O) groups is 1. The second kappa shape index (κ2) is 3.90. The average Bonchev–Trinajstić information content (AvgIpc) is 2.17. The van der Waals surface area contributed by atoms with Crippen LogP contribution >= 0.6 is 0 Å². The minimum Gasteiger partial charge on any atom is -0.496 e. The van der Waals surface area contributed by atoms with Crippen LogP contribution in [0.1, 0.15) is 18.1 Å². The number of carboxylic acid groups (broad SMARTS) is 1. The maximum Gasteiger partial charge on any atom is 0.328 e. The van der Waals surface area contributed by atoms with Crippen LogP contribution in [0.5, 0.6) is 5.75 Å². The molecule has 0 radical (unpaired) electrons. The van der Waals surface area contributed by atoms with E-state index >= 15 is 0 Å². The van der Waals surface area contributed by atoms with Crippen LogP contribution in [0.4, 0.5) is 0 Å². The Morgan fingerprint density at radius 2 is 2.13 bits per heavy atom. The van der Waals surface area contributed by atoms with E-state index in [4.69, 9.17) is 15.6 Å². The number of methoxy groups -OCH3 is 1. The molecule has 1 aromatic carbocycles. The molecule has 1 atom stereocenters. The van der Waals surface area contributed by atoms with Crippen molar-refractivity contribution in [2.24, 2.45) is 5.73 Å². The SMILES string of the molecule is COc1ccc([C@@](C)(N)C(=O)O)cc1C. The summed E-state index contributed by atoms with van der Waals surface area (Å²) in [5.74, 6) is -0.327. The van der Waals surface area contributed by atoms with Crippen molar-refractivity contribution in [2.75, 3.05) is 7.11 Å². The summed E-state index contributed by atoms with van der Waals surface area (Å²) in [6.45, 7) is 3.32. The van der Waals surface area contributed by atoms with Crippen LogP contribution in [-0.4, -0.2) is 18.2 Å². The maximum absolute atomic E-state index is 10.9. The zero-order chi connectivity index (χ0) is 11.6. The summed E-state index contributed by atoms with van der Waals surface area (Å²) < 4.78 is 5.08. The highest BCUT2D eigenvalue weighted by atomic mass is 16.5. The zero-order valence-electron chi connectivity index (χ0n) is 9.07. The van der Waals surface area contributed by atoms with Crippen LogP contribution in [0.25, 0.3) is 0 Å². The number of ether oxygens (including phenoxy) is 1. The average molecular weight is 209 g/mol. The molecule has 4 heteroatoms. The lowest BCUT2D eigenvalue weighted by Gasteiger charge is -2.20. The van der Waals surface area contributed by atoms with Crippen molar-refractivity contribution in [3.63, 3.8) is 0 Å². The number of rotatable bonds is 3. The Hall–Kier alpha value is -1.55. The topological polar surface area (TPSA) is 72.5 Å². The van der Waals surface area contributed by atoms with Crippen molar-refractivity contribution >= 4 is 5.97 Å². The summed E-state index contributed by atoms with van der Waals surface area (Å²) in [7, 11) is 1.57. The van der Waals surface area contributed by atoms with Gasteiger partial charge < -0.3 is 15.6 Å². The van der Waals surface area contributed by atoms with Gasteiger partial charge in [-0.3, -0.25) is 0 Å². The van der Waals surface area contributed by atoms with Crippen LogP contribution in [0.3, 0.4) is 0 Å². The van der Waals surface area contributed by atoms with Crippen molar-refractivity contribution < 1.29 is 14.6 Å². The van der Waals surface area contributed by atoms with Crippen molar-refractivity contribution in [3.05, 3.63) is 29.3 Å². The van der Waals surface area contributed by atoms with Crippen molar-refractivity contribution in [1.82, 2.24) is 0 Å². The Bertz CT molecular complexity index is 385.